The average molecular weight is 334 g/mol. The Morgan fingerprint density at radius 1 is 1.40 bits per heavy atom. The van der Waals surface area contributed by atoms with Gasteiger partial charge in [0, 0.05) is 28.9 Å². The van der Waals surface area contributed by atoms with E-state index in [9.17, 15) is 4.79 Å². The van der Waals surface area contributed by atoms with Crippen molar-refractivity contribution in [2.75, 3.05) is 7.11 Å². The van der Waals surface area contributed by atoms with Gasteiger partial charge < -0.3 is 15.0 Å². The number of nitriles is 1. The highest BCUT2D eigenvalue weighted by Gasteiger charge is 2.20. The number of fused-ring (bicyclic) bond motifs is 1. The Morgan fingerprint density at radius 2 is 2.20 bits per heavy atom. The molecule has 2 N–H and O–H groups in total. The predicted molar refractivity (Wildman–Crippen MR) is 94.4 cm³/mol. The zero-order valence-corrected chi connectivity index (χ0v) is 14.3. The van der Waals surface area contributed by atoms with Crippen molar-refractivity contribution in [3.8, 4) is 11.8 Å². The summed E-state index contributed by atoms with van der Waals surface area (Å²) in [6, 6.07) is 8.66. The third-order valence-electron chi connectivity index (χ3n) is 4.17. The molecule has 0 spiro atoms. The first-order chi connectivity index (χ1) is 12.0. The lowest BCUT2D eigenvalue weighted by atomic mass is 9.99. The molecule has 0 saturated heterocycles. The normalized spacial score (nSPS) is 11.8. The molecule has 6 nitrogen and oxygen atoms in total. The number of methoxy groups -OCH3 is 1. The van der Waals surface area contributed by atoms with E-state index < -0.39 is 0 Å². The van der Waals surface area contributed by atoms with E-state index in [2.05, 4.69) is 15.3 Å². The first-order valence-corrected chi connectivity index (χ1v) is 7.86. The number of nitrogens with one attached hydrogen (secondary N) is 2. The number of carbonyl (C=O) groups excluding carboxylic acids is 1. The van der Waals surface area contributed by atoms with E-state index in [-0.39, 0.29) is 17.6 Å². The quantitative estimate of drug-likeness (QED) is 0.766. The van der Waals surface area contributed by atoms with Crippen LogP contribution in [-0.2, 0) is 0 Å². The van der Waals surface area contributed by atoms with Crippen LogP contribution in [-0.4, -0.2) is 23.0 Å². The van der Waals surface area contributed by atoms with E-state index in [1.165, 1.54) is 12.3 Å². The smallest absolute Gasteiger partial charge is 0.270 e. The van der Waals surface area contributed by atoms with E-state index in [1.54, 1.807) is 13.2 Å². The molecule has 0 fully saturated rings. The van der Waals surface area contributed by atoms with Crippen LogP contribution in [0.5, 0.6) is 5.75 Å². The van der Waals surface area contributed by atoms with E-state index >= 15 is 0 Å². The number of ether oxygens (including phenoxy) is 1. The molecule has 0 aliphatic carbocycles. The summed E-state index contributed by atoms with van der Waals surface area (Å²) in [7, 11) is 1.61. The average Bonchev–Trinajstić information content (AvgIpc) is 3.11. The van der Waals surface area contributed by atoms with Crippen molar-refractivity contribution in [3.63, 3.8) is 0 Å². The number of aromatic amines is 1. The zero-order chi connectivity index (χ0) is 18.0. The van der Waals surface area contributed by atoms with Gasteiger partial charge in [0.1, 0.15) is 11.4 Å². The first kappa shape index (κ1) is 16.5. The van der Waals surface area contributed by atoms with Crippen LogP contribution in [0.3, 0.4) is 0 Å². The molecule has 0 radical (unpaired) electrons. The van der Waals surface area contributed by atoms with Crippen molar-refractivity contribution >= 4 is 16.8 Å². The summed E-state index contributed by atoms with van der Waals surface area (Å²) >= 11 is 0. The van der Waals surface area contributed by atoms with Gasteiger partial charge in [0.25, 0.3) is 5.91 Å². The number of carbonyl (C=O) groups is 1. The van der Waals surface area contributed by atoms with E-state index in [0.717, 1.165) is 27.8 Å². The SMILES string of the molecule is COc1cc(C)c2[nH]ccc2c1C(C)NC(=O)c1cc(C#N)ccn1. The Kier molecular flexibility index (Phi) is 4.40. The van der Waals surface area contributed by atoms with Crippen molar-refractivity contribution in [1.82, 2.24) is 15.3 Å². The van der Waals surface area contributed by atoms with Gasteiger partial charge in [0.2, 0.25) is 0 Å². The van der Waals surface area contributed by atoms with E-state index in [1.807, 2.05) is 38.2 Å². The van der Waals surface area contributed by atoms with Crippen LogP contribution in [0, 0.1) is 18.3 Å². The molecule has 3 rings (SSSR count). The summed E-state index contributed by atoms with van der Waals surface area (Å²) in [4.78, 5) is 19.8. The fourth-order valence-corrected chi connectivity index (χ4v) is 2.98. The van der Waals surface area contributed by atoms with Gasteiger partial charge in [-0.05, 0) is 43.7 Å². The zero-order valence-electron chi connectivity index (χ0n) is 14.3. The van der Waals surface area contributed by atoms with Crippen LogP contribution in [0.2, 0.25) is 0 Å². The minimum absolute atomic E-state index is 0.210. The molecule has 1 unspecified atom stereocenters. The maximum Gasteiger partial charge on any atom is 0.270 e. The van der Waals surface area contributed by atoms with Crippen LogP contribution in [0.15, 0.2) is 36.7 Å². The maximum atomic E-state index is 12.5. The van der Waals surface area contributed by atoms with Gasteiger partial charge in [-0.15, -0.1) is 0 Å². The Bertz CT molecular complexity index is 985. The van der Waals surface area contributed by atoms with Crippen LogP contribution < -0.4 is 10.1 Å². The number of benzene rings is 1. The van der Waals surface area contributed by atoms with E-state index in [4.69, 9.17) is 10.00 Å². The van der Waals surface area contributed by atoms with Crippen LogP contribution in [0.4, 0.5) is 0 Å². The minimum atomic E-state index is -0.337. The molecule has 0 aliphatic heterocycles. The van der Waals surface area contributed by atoms with Gasteiger partial charge in [0.05, 0.1) is 24.8 Å². The third kappa shape index (κ3) is 3.04. The summed E-state index contributed by atoms with van der Waals surface area (Å²) in [6.45, 7) is 3.90. The van der Waals surface area contributed by atoms with Gasteiger partial charge >= 0.3 is 0 Å². The van der Waals surface area contributed by atoms with Crippen molar-refractivity contribution in [2.45, 2.75) is 19.9 Å². The molecule has 1 aromatic carbocycles. The molecule has 2 aromatic heterocycles. The van der Waals surface area contributed by atoms with Crippen LogP contribution in [0.1, 0.15) is 40.1 Å². The fraction of sp³-hybridized carbons (Fsp3) is 0.211. The van der Waals surface area contributed by atoms with Crippen molar-refractivity contribution in [3.05, 3.63) is 59.0 Å². The lowest BCUT2D eigenvalue weighted by Crippen LogP contribution is -2.28. The molecule has 3 aromatic rings. The van der Waals surface area contributed by atoms with Gasteiger partial charge in [-0.3, -0.25) is 9.78 Å². The number of amides is 1. The van der Waals surface area contributed by atoms with Crippen LogP contribution >= 0.6 is 0 Å². The van der Waals surface area contributed by atoms with Gasteiger partial charge in [-0.2, -0.15) is 5.26 Å². The summed E-state index contributed by atoms with van der Waals surface area (Å²) in [5, 5.41) is 12.9. The second-order valence-electron chi connectivity index (χ2n) is 5.81. The summed E-state index contributed by atoms with van der Waals surface area (Å²) in [6.07, 6.45) is 3.32. The summed E-state index contributed by atoms with van der Waals surface area (Å²) in [5.41, 5.74) is 3.59. The maximum absolute atomic E-state index is 12.5. The molecule has 1 atom stereocenters. The summed E-state index contributed by atoms with van der Waals surface area (Å²) in [5.74, 6) is 0.382. The molecule has 126 valence electrons. The second-order valence-corrected chi connectivity index (χ2v) is 5.81. The standard InChI is InChI=1S/C19H18N4O2/c1-11-8-16(25-3)17(14-5-7-22-18(11)14)12(2)23-19(24)15-9-13(10-20)4-6-21-15/h4-9,12,22H,1-3H3,(H,23,24). The number of hydrogen-bond donors (Lipinski definition) is 2. The molecule has 0 aliphatic rings. The first-order valence-electron chi connectivity index (χ1n) is 7.86. The summed E-state index contributed by atoms with van der Waals surface area (Å²) < 4.78 is 5.52. The van der Waals surface area contributed by atoms with Gasteiger partial charge in [-0.25, -0.2) is 0 Å². The van der Waals surface area contributed by atoms with Gasteiger partial charge in [-0.1, -0.05) is 0 Å². The van der Waals surface area contributed by atoms with Gasteiger partial charge in [0.15, 0.2) is 0 Å². The van der Waals surface area contributed by atoms with Crippen molar-refractivity contribution in [1.29, 1.82) is 5.26 Å². The number of H-pyrrole nitrogens is 1. The molecule has 25 heavy (non-hydrogen) atoms. The Balaban J connectivity index is 1.96. The number of nitrogens with zero attached hydrogens (tertiary/aromatic N) is 2. The Morgan fingerprint density at radius 3 is 2.92 bits per heavy atom. The minimum Gasteiger partial charge on any atom is -0.496 e. The van der Waals surface area contributed by atoms with Crippen molar-refractivity contribution < 1.29 is 9.53 Å². The predicted octanol–water partition coefficient (Wildman–Crippen LogP) is 3.24. The third-order valence-corrected chi connectivity index (χ3v) is 4.17. The fourth-order valence-electron chi connectivity index (χ4n) is 2.98. The molecule has 1 amide bonds. The number of pyridine rings is 1. The number of aromatic nitrogens is 2. The highest BCUT2D eigenvalue weighted by atomic mass is 16.5. The van der Waals surface area contributed by atoms with E-state index in [0.29, 0.717) is 5.56 Å². The van der Waals surface area contributed by atoms with Crippen molar-refractivity contribution in [2.24, 2.45) is 0 Å². The highest BCUT2D eigenvalue weighted by molar-refractivity contribution is 5.94. The monoisotopic (exact) mass is 334 g/mol. The molecule has 0 bridgehead atoms. The number of aryl methyl sites for hydroxylation is 1. The number of rotatable bonds is 4. The largest absolute Gasteiger partial charge is 0.496 e. The molecular formula is C19H18N4O2. The second kappa shape index (κ2) is 6.65. The lowest BCUT2D eigenvalue weighted by molar-refractivity contribution is 0.0934. The number of hydrogen-bond acceptors (Lipinski definition) is 4. The molecule has 2 heterocycles. The van der Waals surface area contributed by atoms with Crippen LogP contribution in [0.25, 0.3) is 10.9 Å². The lowest BCUT2D eigenvalue weighted by Gasteiger charge is -2.19. The topological polar surface area (TPSA) is 90.8 Å². The molecular weight excluding hydrogens is 316 g/mol. The Labute approximate surface area is 145 Å². The highest BCUT2D eigenvalue weighted by Crippen LogP contribution is 2.34. The Hall–Kier alpha value is -3.33. The molecule has 0 saturated carbocycles. The molecule has 6 heteroatoms.